The smallest absolute Gasteiger partial charge is 0.163 e. The quantitative estimate of drug-likeness (QED) is 0.546. The summed E-state index contributed by atoms with van der Waals surface area (Å²) in [5.41, 5.74) is -0.303. The maximum absolute atomic E-state index is 14.2. The minimum absolute atomic E-state index is 0.0525. The van der Waals surface area contributed by atoms with Crippen LogP contribution in [0.2, 0.25) is 0 Å². The standard InChI is InChI=1S/C16H19F2IO3/c1-15(2)20-8-14(22-15)10-6-16(9-19,21-7-10)12-4-3-11(17)5-13(12)18/h3-5,10,14H,6-9H2,1-2H3/t10-,14+,16-/m0/s1. The summed E-state index contributed by atoms with van der Waals surface area (Å²) in [5, 5.41) is 0. The Hall–Kier alpha value is -0.310. The van der Waals surface area contributed by atoms with Crippen LogP contribution in [0.15, 0.2) is 18.2 Å². The fourth-order valence-corrected chi connectivity index (χ4v) is 4.15. The van der Waals surface area contributed by atoms with Crippen molar-refractivity contribution in [2.24, 2.45) is 5.92 Å². The van der Waals surface area contributed by atoms with Crippen LogP contribution in [0, 0.1) is 17.6 Å². The highest BCUT2D eigenvalue weighted by Crippen LogP contribution is 2.45. The Morgan fingerprint density at radius 3 is 2.59 bits per heavy atom. The topological polar surface area (TPSA) is 27.7 Å². The molecule has 122 valence electrons. The summed E-state index contributed by atoms with van der Waals surface area (Å²) in [6.07, 6.45) is 0.589. The monoisotopic (exact) mass is 424 g/mol. The molecule has 0 aliphatic carbocycles. The lowest BCUT2D eigenvalue weighted by molar-refractivity contribution is -0.144. The van der Waals surface area contributed by atoms with Crippen LogP contribution in [-0.2, 0) is 19.8 Å². The fraction of sp³-hybridized carbons (Fsp3) is 0.625. The zero-order valence-corrected chi connectivity index (χ0v) is 14.7. The molecule has 0 radical (unpaired) electrons. The van der Waals surface area contributed by atoms with E-state index >= 15 is 0 Å². The molecule has 2 aliphatic heterocycles. The molecule has 0 aromatic heterocycles. The van der Waals surface area contributed by atoms with Crippen molar-refractivity contribution in [1.82, 2.24) is 0 Å². The lowest BCUT2D eigenvalue weighted by atomic mass is 9.86. The molecule has 0 saturated carbocycles. The Morgan fingerprint density at radius 1 is 1.23 bits per heavy atom. The Morgan fingerprint density at radius 2 is 2.00 bits per heavy atom. The third-order valence-electron chi connectivity index (χ3n) is 4.36. The summed E-state index contributed by atoms with van der Waals surface area (Å²) >= 11 is 2.19. The number of hydrogen-bond donors (Lipinski definition) is 0. The van der Waals surface area contributed by atoms with E-state index in [1.165, 1.54) is 12.1 Å². The number of hydrogen-bond acceptors (Lipinski definition) is 3. The Balaban J connectivity index is 1.81. The normalized spacial score (nSPS) is 34.2. The summed E-state index contributed by atoms with van der Waals surface area (Å²) in [7, 11) is 0. The van der Waals surface area contributed by atoms with Crippen molar-refractivity contribution in [1.29, 1.82) is 0 Å². The molecule has 1 aromatic carbocycles. The third-order valence-corrected chi connectivity index (χ3v) is 5.59. The summed E-state index contributed by atoms with van der Waals surface area (Å²) in [5.74, 6) is -1.57. The largest absolute Gasteiger partial charge is 0.369 e. The van der Waals surface area contributed by atoms with Crippen molar-refractivity contribution in [3.8, 4) is 0 Å². The minimum atomic E-state index is -0.723. The molecular weight excluding hydrogens is 405 g/mol. The zero-order chi connectivity index (χ0) is 16.0. The summed E-state index contributed by atoms with van der Waals surface area (Å²) < 4.78 is 45.4. The van der Waals surface area contributed by atoms with Crippen molar-refractivity contribution in [3.05, 3.63) is 35.4 Å². The van der Waals surface area contributed by atoms with Crippen LogP contribution in [0.5, 0.6) is 0 Å². The first-order valence-corrected chi connectivity index (χ1v) is 8.85. The van der Waals surface area contributed by atoms with Crippen LogP contribution < -0.4 is 0 Å². The minimum Gasteiger partial charge on any atom is -0.369 e. The third kappa shape index (κ3) is 3.02. The SMILES string of the molecule is CC1(C)OC[C@H]([C@@H]2CO[C@@](CI)(c3ccc(F)cc3F)C2)O1. The molecule has 0 spiro atoms. The number of rotatable bonds is 3. The van der Waals surface area contributed by atoms with Crippen LogP contribution in [0.25, 0.3) is 0 Å². The molecule has 22 heavy (non-hydrogen) atoms. The van der Waals surface area contributed by atoms with Crippen LogP contribution >= 0.6 is 22.6 Å². The van der Waals surface area contributed by atoms with Crippen molar-refractivity contribution >= 4 is 22.6 Å². The average Bonchev–Trinajstić information content (AvgIpc) is 3.03. The molecule has 2 fully saturated rings. The molecule has 6 heteroatoms. The van der Waals surface area contributed by atoms with Crippen LogP contribution in [-0.4, -0.2) is 29.5 Å². The summed E-state index contributed by atoms with van der Waals surface area (Å²) in [6, 6.07) is 3.68. The van der Waals surface area contributed by atoms with Gasteiger partial charge in [0.2, 0.25) is 0 Å². The van der Waals surface area contributed by atoms with E-state index < -0.39 is 23.0 Å². The Labute approximate surface area is 142 Å². The van der Waals surface area contributed by atoms with E-state index in [1.807, 2.05) is 13.8 Å². The average molecular weight is 424 g/mol. The molecule has 0 bridgehead atoms. The number of alkyl halides is 1. The molecule has 2 saturated heterocycles. The van der Waals surface area contributed by atoms with Gasteiger partial charge in [0.15, 0.2) is 5.79 Å². The van der Waals surface area contributed by atoms with Crippen molar-refractivity contribution in [2.45, 2.75) is 37.8 Å². The van der Waals surface area contributed by atoms with Crippen LogP contribution in [0.1, 0.15) is 25.8 Å². The van der Waals surface area contributed by atoms with Gasteiger partial charge >= 0.3 is 0 Å². The van der Waals surface area contributed by atoms with E-state index in [-0.39, 0.29) is 12.0 Å². The number of benzene rings is 1. The molecule has 0 N–H and O–H groups in total. The molecule has 2 aliphatic rings. The van der Waals surface area contributed by atoms with Crippen molar-refractivity contribution < 1.29 is 23.0 Å². The molecule has 3 rings (SSSR count). The maximum atomic E-state index is 14.2. The molecule has 3 atom stereocenters. The first kappa shape index (κ1) is 16.5. The highest BCUT2D eigenvalue weighted by molar-refractivity contribution is 14.1. The second-order valence-electron chi connectivity index (χ2n) is 6.39. The van der Waals surface area contributed by atoms with Gasteiger partial charge in [0.25, 0.3) is 0 Å². The van der Waals surface area contributed by atoms with Gasteiger partial charge < -0.3 is 14.2 Å². The molecule has 1 aromatic rings. The Bertz CT molecular complexity index is 566. The van der Waals surface area contributed by atoms with Crippen LogP contribution in [0.4, 0.5) is 8.78 Å². The van der Waals surface area contributed by atoms with Crippen LogP contribution in [0.3, 0.4) is 0 Å². The highest BCUT2D eigenvalue weighted by atomic mass is 127. The predicted molar refractivity (Wildman–Crippen MR) is 85.9 cm³/mol. The molecule has 3 nitrogen and oxygen atoms in total. The van der Waals surface area contributed by atoms with Gasteiger partial charge in [-0.3, -0.25) is 0 Å². The molecular formula is C16H19F2IO3. The van der Waals surface area contributed by atoms with Gasteiger partial charge in [-0.25, -0.2) is 8.78 Å². The lowest BCUT2D eigenvalue weighted by Crippen LogP contribution is -2.30. The second kappa shape index (κ2) is 5.96. The van der Waals surface area contributed by atoms with Gasteiger partial charge in [0.05, 0.1) is 19.3 Å². The summed E-state index contributed by atoms with van der Waals surface area (Å²) in [4.78, 5) is 0. The van der Waals surface area contributed by atoms with Gasteiger partial charge in [-0.15, -0.1) is 0 Å². The highest BCUT2D eigenvalue weighted by Gasteiger charge is 2.48. The first-order valence-electron chi connectivity index (χ1n) is 7.32. The molecule has 0 unspecified atom stereocenters. The summed E-state index contributed by atoms with van der Waals surface area (Å²) in [6.45, 7) is 4.77. The Kier molecular flexibility index (Phi) is 4.48. The maximum Gasteiger partial charge on any atom is 0.163 e. The lowest BCUT2D eigenvalue weighted by Gasteiger charge is -2.28. The van der Waals surface area contributed by atoms with E-state index in [1.54, 1.807) is 0 Å². The van der Waals surface area contributed by atoms with Gasteiger partial charge in [-0.1, -0.05) is 28.7 Å². The molecule has 0 amide bonds. The van der Waals surface area contributed by atoms with Crippen molar-refractivity contribution in [3.63, 3.8) is 0 Å². The van der Waals surface area contributed by atoms with Gasteiger partial charge in [0, 0.05) is 22.0 Å². The van der Waals surface area contributed by atoms with Crippen molar-refractivity contribution in [2.75, 3.05) is 17.6 Å². The predicted octanol–water partition coefficient (Wildman–Crippen LogP) is 3.78. The van der Waals surface area contributed by atoms with E-state index in [4.69, 9.17) is 14.2 Å². The van der Waals surface area contributed by atoms with E-state index in [0.29, 0.717) is 29.6 Å². The number of ether oxygens (including phenoxy) is 3. The second-order valence-corrected chi connectivity index (χ2v) is 7.16. The van der Waals surface area contributed by atoms with Gasteiger partial charge in [0.1, 0.15) is 17.2 Å². The van der Waals surface area contributed by atoms with Gasteiger partial charge in [-0.05, 0) is 26.3 Å². The van der Waals surface area contributed by atoms with Gasteiger partial charge in [-0.2, -0.15) is 0 Å². The van der Waals surface area contributed by atoms with E-state index in [0.717, 1.165) is 6.07 Å². The zero-order valence-electron chi connectivity index (χ0n) is 12.6. The van der Waals surface area contributed by atoms with E-state index in [2.05, 4.69) is 22.6 Å². The fourth-order valence-electron chi connectivity index (χ4n) is 3.21. The van der Waals surface area contributed by atoms with E-state index in [9.17, 15) is 8.78 Å². The first-order chi connectivity index (χ1) is 10.4. The molecule has 2 heterocycles. The number of halogens is 3.